The van der Waals surface area contributed by atoms with Gasteiger partial charge < -0.3 is 5.11 Å². The van der Waals surface area contributed by atoms with Crippen LogP contribution >= 0.6 is 0 Å². The van der Waals surface area contributed by atoms with Crippen molar-refractivity contribution in [2.45, 2.75) is 47.5 Å². The molecule has 0 fully saturated rings. The largest absolute Gasteiger partial charge is 0.508 e. The van der Waals surface area contributed by atoms with Gasteiger partial charge >= 0.3 is 0 Å². The fourth-order valence-corrected chi connectivity index (χ4v) is 0.859. The molecule has 0 atom stereocenters. The predicted octanol–water partition coefficient (Wildman–Crippen LogP) is 4.57. The fourth-order valence-electron chi connectivity index (χ4n) is 0.859. The Morgan fingerprint density at radius 3 is 1.50 bits per heavy atom. The summed E-state index contributed by atoms with van der Waals surface area (Å²) in [5.41, 5.74) is 1.26. The minimum absolute atomic E-state index is 0.337. The van der Waals surface area contributed by atoms with Gasteiger partial charge in [-0.15, -0.1) is 0 Å². The Bertz CT molecular complexity index is 199. The first-order valence-corrected chi connectivity index (χ1v) is 5.49. The molecule has 0 aliphatic rings. The maximum absolute atomic E-state index is 8.94. The Kier molecular flexibility index (Phi) is 11.2. The summed E-state index contributed by atoms with van der Waals surface area (Å²) in [6.07, 6.45) is 0. The number of phenolic OH excluding ortho intramolecular Hbond substituents is 1. The minimum Gasteiger partial charge on any atom is -0.508 e. The zero-order valence-electron chi connectivity index (χ0n) is 10.3. The van der Waals surface area contributed by atoms with Gasteiger partial charge in [0.05, 0.1) is 0 Å². The van der Waals surface area contributed by atoms with Crippen LogP contribution in [0.3, 0.4) is 0 Å². The van der Waals surface area contributed by atoms with Crippen LogP contribution in [0.25, 0.3) is 0 Å². The fraction of sp³-hybridized carbons (Fsp3) is 0.538. The van der Waals surface area contributed by atoms with E-state index in [1.165, 1.54) is 5.56 Å². The lowest BCUT2D eigenvalue weighted by Crippen LogP contribution is -1.84. The maximum atomic E-state index is 8.94. The molecule has 1 nitrogen and oxygen atoms in total. The van der Waals surface area contributed by atoms with Crippen LogP contribution < -0.4 is 0 Å². The third-order valence-electron chi connectivity index (χ3n) is 1.56. The Hall–Kier alpha value is -0.980. The quantitative estimate of drug-likeness (QED) is 0.697. The number of hydrogen-bond acceptors (Lipinski definition) is 1. The van der Waals surface area contributed by atoms with Crippen molar-refractivity contribution < 1.29 is 5.11 Å². The van der Waals surface area contributed by atoms with E-state index >= 15 is 0 Å². The lowest BCUT2D eigenvalue weighted by atomic mass is 10.0. The van der Waals surface area contributed by atoms with Gasteiger partial charge in [-0.2, -0.15) is 0 Å². The van der Waals surface area contributed by atoms with Gasteiger partial charge in [-0.05, 0) is 23.6 Å². The van der Waals surface area contributed by atoms with E-state index in [2.05, 4.69) is 13.8 Å². The summed E-state index contributed by atoms with van der Waals surface area (Å²) in [5, 5.41) is 8.94. The smallest absolute Gasteiger partial charge is 0.115 e. The summed E-state index contributed by atoms with van der Waals surface area (Å²) in [7, 11) is 0. The van der Waals surface area contributed by atoms with Crippen LogP contribution in [0.1, 0.15) is 53.0 Å². The van der Waals surface area contributed by atoms with Gasteiger partial charge in [-0.1, -0.05) is 53.7 Å². The van der Waals surface area contributed by atoms with E-state index < -0.39 is 0 Å². The average Bonchev–Trinajstić information content (AvgIpc) is 2.24. The summed E-state index contributed by atoms with van der Waals surface area (Å²) in [5.74, 6) is 0.880. The number of hydrogen-bond donors (Lipinski definition) is 1. The third-order valence-corrected chi connectivity index (χ3v) is 1.56. The van der Waals surface area contributed by atoms with Crippen LogP contribution in [0.4, 0.5) is 0 Å². The Morgan fingerprint density at radius 2 is 1.21 bits per heavy atom. The van der Waals surface area contributed by atoms with Crippen LogP contribution in [0.5, 0.6) is 5.75 Å². The monoisotopic (exact) mass is 196 g/mol. The molecule has 1 rings (SSSR count). The highest BCUT2D eigenvalue weighted by molar-refractivity contribution is 5.27. The second-order valence-electron chi connectivity index (χ2n) is 2.75. The molecule has 1 heteroatoms. The molecule has 0 saturated carbocycles. The van der Waals surface area contributed by atoms with Crippen molar-refractivity contribution in [1.82, 2.24) is 0 Å². The molecule has 0 unspecified atom stereocenters. The molecular formula is C13H24O. The molecule has 0 heterocycles. The molecule has 1 aromatic rings. The van der Waals surface area contributed by atoms with Crippen LogP contribution in [0.2, 0.25) is 0 Å². The van der Waals surface area contributed by atoms with Gasteiger partial charge in [0.2, 0.25) is 0 Å². The summed E-state index contributed by atoms with van der Waals surface area (Å²) in [6, 6.07) is 7.32. The molecule has 1 aromatic carbocycles. The van der Waals surface area contributed by atoms with Crippen molar-refractivity contribution in [2.75, 3.05) is 0 Å². The van der Waals surface area contributed by atoms with E-state index in [-0.39, 0.29) is 0 Å². The van der Waals surface area contributed by atoms with Crippen LogP contribution in [0.15, 0.2) is 24.3 Å². The SMILES string of the molecule is CC.CC.CC(C)c1ccc(O)cc1. The lowest BCUT2D eigenvalue weighted by Gasteiger charge is -2.03. The van der Waals surface area contributed by atoms with Gasteiger partial charge in [0.15, 0.2) is 0 Å². The minimum atomic E-state index is 0.337. The summed E-state index contributed by atoms with van der Waals surface area (Å²) in [4.78, 5) is 0. The highest BCUT2D eigenvalue weighted by Crippen LogP contribution is 2.16. The first-order chi connectivity index (χ1) is 6.70. The number of aromatic hydroxyl groups is 1. The predicted molar refractivity (Wildman–Crippen MR) is 64.9 cm³/mol. The average molecular weight is 196 g/mol. The van der Waals surface area contributed by atoms with Crippen molar-refractivity contribution in [3.63, 3.8) is 0 Å². The number of rotatable bonds is 1. The molecule has 0 aliphatic carbocycles. The summed E-state index contributed by atoms with van der Waals surface area (Å²) >= 11 is 0. The zero-order valence-corrected chi connectivity index (χ0v) is 10.3. The molecule has 0 radical (unpaired) electrons. The highest BCUT2D eigenvalue weighted by atomic mass is 16.3. The number of benzene rings is 1. The van der Waals surface area contributed by atoms with Gasteiger partial charge in [0, 0.05) is 0 Å². The molecule has 82 valence electrons. The second-order valence-corrected chi connectivity index (χ2v) is 2.75. The van der Waals surface area contributed by atoms with Crippen LogP contribution in [-0.4, -0.2) is 5.11 Å². The van der Waals surface area contributed by atoms with Gasteiger partial charge in [0.25, 0.3) is 0 Å². The molecule has 14 heavy (non-hydrogen) atoms. The third kappa shape index (κ3) is 6.53. The molecule has 1 N–H and O–H groups in total. The molecule has 0 aromatic heterocycles. The topological polar surface area (TPSA) is 20.2 Å². The molecule has 0 saturated heterocycles. The van der Waals surface area contributed by atoms with E-state index in [4.69, 9.17) is 5.11 Å². The van der Waals surface area contributed by atoms with E-state index in [1.54, 1.807) is 12.1 Å². The van der Waals surface area contributed by atoms with Crippen LogP contribution in [0, 0.1) is 0 Å². The summed E-state index contributed by atoms with van der Waals surface area (Å²) in [6.45, 7) is 12.3. The molecule has 0 bridgehead atoms. The van der Waals surface area contributed by atoms with Crippen molar-refractivity contribution in [3.05, 3.63) is 29.8 Å². The van der Waals surface area contributed by atoms with E-state index in [9.17, 15) is 0 Å². The van der Waals surface area contributed by atoms with Crippen molar-refractivity contribution in [2.24, 2.45) is 0 Å². The normalized spacial score (nSPS) is 8.21. The van der Waals surface area contributed by atoms with E-state index in [1.807, 2.05) is 39.8 Å². The Balaban J connectivity index is 0. The molecule has 0 spiro atoms. The standard InChI is InChI=1S/C9H12O.2C2H6/c1-7(2)8-3-5-9(10)6-4-8;2*1-2/h3-7,10H,1-2H3;2*1-2H3. The van der Waals surface area contributed by atoms with E-state index in [0.717, 1.165) is 0 Å². The first kappa shape index (κ1) is 15.5. The van der Waals surface area contributed by atoms with Crippen LogP contribution in [-0.2, 0) is 0 Å². The van der Waals surface area contributed by atoms with Crippen molar-refractivity contribution >= 4 is 0 Å². The van der Waals surface area contributed by atoms with E-state index in [0.29, 0.717) is 11.7 Å². The Labute approximate surface area is 88.8 Å². The highest BCUT2D eigenvalue weighted by Gasteiger charge is 1.96. The second kappa shape index (κ2) is 10.1. The first-order valence-electron chi connectivity index (χ1n) is 5.49. The molecule has 0 amide bonds. The molecular weight excluding hydrogens is 172 g/mol. The van der Waals surface area contributed by atoms with Gasteiger partial charge in [-0.3, -0.25) is 0 Å². The summed E-state index contributed by atoms with van der Waals surface area (Å²) < 4.78 is 0. The maximum Gasteiger partial charge on any atom is 0.115 e. The van der Waals surface area contributed by atoms with Gasteiger partial charge in [0.1, 0.15) is 5.75 Å². The number of phenols is 1. The zero-order chi connectivity index (χ0) is 11.6. The molecule has 0 aliphatic heterocycles. The lowest BCUT2D eigenvalue weighted by molar-refractivity contribution is 0.475. The van der Waals surface area contributed by atoms with Gasteiger partial charge in [-0.25, -0.2) is 0 Å². The van der Waals surface area contributed by atoms with Crippen molar-refractivity contribution in [3.8, 4) is 5.75 Å². The Morgan fingerprint density at radius 1 is 0.857 bits per heavy atom. The van der Waals surface area contributed by atoms with Crippen molar-refractivity contribution in [1.29, 1.82) is 0 Å².